The number of pyridine rings is 1. The summed E-state index contributed by atoms with van der Waals surface area (Å²) in [5, 5.41) is 11.1. The maximum absolute atomic E-state index is 14.2. The van der Waals surface area contributed by atoms with Crippen LogP contribution in [0, 0.1) is 17.0 Å². The van der Waals surface area contributed by atoms with Crippen LogP contribution < -0.4 is 19.1 Å². The number of carbonyl (C=O) groups is 3. The number of aromatic nitrogens is 1. The summed E-state index contributed by atoms with van der Waals surface area (Å²) < 4.78 is 50.1. The van der Waals surface area contributed by atoms with E-state index in [-0.39, 0.29) is 47.2 Å². The fraction of sp³-hybridized carbons (Fsp3) is 0.409. The van der Waals surface area contributed by atoms with Crippen LogP contribution in [0.25, 0.3) is 0 Å². The van der Waals surface area contributed by atoms with Crippen LogP contribution in [0.4, 0.5) is 19.3 Å². The lowest BCUT2D eigenvalue weighted by Gasteiger charge is -2.44. The van der Waals surface area contributed by atoms with Gasteiger partial charge in [0.2, 0.25) is 0 Å². The fourth-order valence-electron chi connectivity index (χ4n) is 7.99. The molecule has 3 aromatic carbocycles. The van der Waals surface area contributed by atoms with Gasteiger partial charge in [-0.1, -0.05) is 59.6 Å². The normalized spacial score (nSPS) is 21.2. The smallest absolute Gasteiger partial charge is 0.414 e. The molecule has 2 bridgehead atoms. The lowest BCUT2D eigenvalue weighted by atomic mass is 9.86. The second-order valence-corrected chi connectivity index (χ2v) is 17.7. The van der Waals surface area contributed by atoms with Gasteiger partial charge >= 0.3 is 18.7 Å². The molecule has 5 aliphatic rings. The number of benzene rings is 3. The Morgan fingerprint density at radius 1 is 0.918 bits per heavy atom. The number of fused-ring (bicyclic) bond motifs is 3. The molecular weight excluding hydrogens is 853 g/mol. The number of anilines is 1. The summed E-state index contributed by atoms with van der Waals surface area (Å²) in [7, 11) is 0. The van der Waals surface area contributed by atoms with E-state index in [1.807, 2.05) is 36.4 Å². The number of amides is 2. The van der Waals surface area contributed by atoms with Gasteiger partial charge in [0.05, 0.1) is 13.2 Å². The molecule has 3 unspecified atom stereocenters. The van der Waals surface area contributed by atoms with Gasteiger partial charge in [0, 0.05) is 42.1 Å². The molecule has 2 amide bonds. The van der Waals surface area contributed by atoms with Crippen molar-refractivity contribution in [3.05, 3.63) is 123 Å². The van der Waals surface area contributed by atoms with E-state index in [2.05, 4.69) is 4.90 Å². The Bertz CT molecular complexity index is 2210. The minimum Gasteiger partial charge on any atom is -0.619 e. The molecule has 4 aliphatic heterocycles. The zero-order chi connectivity index (χ0) is 42.6. The maximum Gasteiger partial charge on any atom is 0.414 e. The predicted molar refractivity (Wildman–Crippen MR) is 225 cm³/mol. The fourth-order valence-corrected chi connectivity index (χ4v) is 9.69. The highest BCUT2D eigenvalue weighted by Crippen LogP contribution is 2.39. The number of thioether (sulfide) groups is 1. The first-order valence-corrected chi connectivity index (χ1v) is 22.1. The summed E-state index contributed by atoms with van der Waals surface area (Å²) in [4.78, 5) is 47.6. The van der Waals surface area contributed by atoms with Crippen LogP contribution in [0.5, 0.6) is 11.5 Å². The highest BCUT2D eigenvalue weighted by Gasteiger charge is 2.40. The van der Waals surface area contributed by atoms with Crippen LogP contribution in [-0.2, 0) is 27.2 Å². The molecule has 17 heteroatoms. The first-order chi connectivity index (χ1) is 29.5. The number of piperidine rings is 3. The Kier molecular flexibility index (Phi) is 13.4. The first kappa shape index (κ1) is 42.8. The molecule has 9 rings (SSSR count). The molecule has 5 fully saturated rings. The monoisotopic (exact) mass is 896 g/mol. The van der Waals surface area contributed by atoms with Gasteiger partial charge < -0.3 is 29.1 Å². The molecule has 5 heterocycles. The minimum absolute atomic E-state index is 0.0245. The van der Waals surface area contributed by atoms with Crippen LogP contribution in [0.15, 0.2) is 85.2 Å². The molecule has 0 N–H and O–H groups in total. The molecule has 3 atom stereocenters. The number of rotatable bonds is 15. The van der Waals surface area contributed by atoms with Crippen molar-refractivity contribution in [2.75, 3.05) is 43.4 Å². The zero-order valence-corrected chi connectivity index (χ0v) is 35.3. The summed E-state index contributed by atoms with van der Waals surface area (Å²) in [6.07, 6.45) is 4.28. The van der Waals surface area contributed by atoms with Crippen LogP contribution >= 0.6 is 35.0 Å². The van der Waals surface area contributed by atoms with Crippen molar-refractivity contribution in [2.24, 2.45) is 11.8 Å². The summed E-state index contributed by atoms with van der Waals surface area (Å²) in [5.74, 6) is -0.225. The van der Waals surface area contributed by atoms with Gasteiger partial charge in [-0.25, -0.2) is 9.59 Å². The molecule has 1 aliphatic carbocycles. The van der Waals surface area contributed by atoms with E-state index < -0.39 is 36.1 Å². The zero-order valence-electron chi connectivity index (χ0n) is 33.0. The molecule has 322 valence electrons. The number of esters is 1. The quantitative estimate of drug-likeness (QED) is 0.0654. The summed E-state index contributed by atoms with van der Waals surface area (Å²) in [6, 6.07) is 20.4. The Labute approximate surface area is 366 Å². The number of hydrogen-bond donors (Lipinski definition) is 0. The standard InChI is InChI=1S/C44H44Cl2F2N4O8S/c45-34-23-50(56)24-35(46)33(34)21-37(30-11-12-36(59-43(47)48)38(20-30)57-26-27-9-10-27)58-42(54)41-51(17-18-61-41)40(53)31-6-4-5-28(19-31)22-52(32-7-2-1-3-8-32)44(55)60-39-25-49-15-13-29(39)14-16-49/h1-8,11-12,19-20,23-24,27,29,37,39,41,43H,9-10,13-18,21-22,25-26H2. The van der Waals surface area contributed by atoms with Gasteiger partial charge in [0.15, 0.2) is 29.3 Å². The van der Waals surface area contributed by atoms with Crippen molar-refractivity contribution in [1.29, 1.82) is 0 Å². The molecule has 1 aromatic heterocycles. The third-order valence-corrected chi connectivity index (χ3v) is 13.3. The van der Waals surface area contributed by atoms with E-state index >= 15 is 0 Å². The van der Waals surface area contributed by atoms with Gasteiger partial charge in [-0.15, -0.1) is 11.8 Å². The average molecular weight is 898 g/mol. The summed E-state index contributed by atoms with van der Waals surface area (Å²) in [5.41, 5.74) is 2.32. The third kappa shape index (κ3) is 10.4. The van der Waals surface area contributed by atoms with Crippen molar-refractivity contribution in [3.63, 3.8) is 0 Å². The number of hydrogen-bond acceptors (Lipinski definition) is 10. The molecular formula is C44H44Cl2F2N4O8S. The van der Waals surface area contributed by atoms with Crippen LogP contribution in [0.2, 0.25) is 10.0 Å². The second-order valence-electron chi connectivity index (χ2n) is 15.7. The van der Waals surface area contributed by atoms with Gasteiger partial charge in [-0.3, -0.25) is 14.6 Å². The topological polar surface area (TPSA) is 125 Å². The largest absolute Gasteiger partial charge is 0.619 e. The van der Waals surface area contributed by atoms with Crippen LogP contribution in [0.1, 0.15) is 58.8 Å². The average Bonchev–Trinajstić information content (AvgIpc) is 3.96. The second kappa shape index (κ2) is 19.1. The van der Waals surface area contributed by atoms with Gasteiger partial charge in [0.25, 0.3) is 5.91 Å². The number of halogens is 4. The van der Waals surface area contributed by atoms with E-state index in [9.17, 15) is 28.4 Å². The number of ether oxygens (including phenoxy) is 4. The highest BCUT2D eigenvalue weighted by atomic mass is 35.5. The van der Waals surface area contributed by atoms with E-state index in [4.69, 9.17) is 42.1 Å². The summed E-state index contributed by atoms with van der Waals surface area (Å²) >= 11 is 14.2. The molecule has 0 radical (unpaired) electrons. The van der Waals surface area contributed by atoms with Crippen molar-refractivity contribution in [2.45, 2.75) is 62.8 Å². The Morgan fingerprint density at radius 2 is 1.67 bits per heavy atom. The minimum atomic E-state index is -3.11. The van der Waals surface area contributed by atoms with E-state index in [0.29, 0.717) is 56.9 Å². The lowest BCUT2D eigenvalue weighted by Crippen LogP contribution is -2.53. The first-order valence-electron chi connectivity index (χ1n) is 20.2. The predicted octanol–water partition coefficient (Wildman–Crippen LogP) is 8.30. The van der Waals surface area contributed by atoms with Crippen LogP contribution in [0.3, 0.4) is 0 Å². The van der Waals surface area contributed by atoms with Crippen molar-refractivity contribution in [3.8, 4) is 11.5 Å². The van der Waals surface area contributed by atoms with Gasteiger partial charge in [-0.05, 0) is 98.1 Å². The Balaban J connectivity index is 1.01. The lowest BCUT2D eigenvalue weighted by molar-refractivity contribution is -0.605. The molecule has 1 saturated carbocycles. The van der Waals surface area contributed by atoms with E-state index in [1.165, 1.54) is 34.9 Å². The van der Waals surface area contributed by atoms with Crippen molar-refractivity contribution in [1.82, 2.24) is 9.80 Å². The number of para-hydroxylation sites is 1. The van der Waals surface area contributed by atoms with Crippen molar-refractivity contribution < 1.29 is 46.8 Å². The Morgan fingerprint density at radius 3 is 2.36 bits per heavy atom. The SMILES string of the molecule is O=C(OC(Cc1c(Cl)c[n+]([O-])cc1Cl)c1ccc(OC(F)F)c(OCC2CC2)c1)C1SCCN1C(=O)c1cccc(CN(C(=O)OC2CN3CCC2CC3)c2ccccc2)c1. The molecule has 12 nitrogen and oxygen atoms in total. The number of alkyl halides is 2. The van der Waals surface area contributed by atoms with E-state index in [1.54, 1.807) is 23.1 Å². The molecule has 4 aromatic rings. The molecule has 0 spiro atoms. The third-order valence-electron chi connectivity index (χ3n) is 11.4. The Hall–Kier alpha value is -4.83. The highest BCUT2D eigenvalue weighted by molar-refractivity contribution is 8.00. The molecule has 4 saturated heterocycles. The van der Waals surface area contributed by atoms with Gasteiger partial charge in [0.1, 0.15) is 22.3 Å². The maximum atomic E-state index is 14.2. The van der Waals surface area contributed by atoms with Crippen LogP contribution in [-0.4, -0.2) is 84.4 Å². The van der Waals surface area contributed by atoms with Gasteiger partial charge in [-0.2, -0.15) is 13.5 Å². The molecule has 61 heavy (non-hydrogen) atoms. The number of nitrogens with zero attached hydrogens (tertiary/aromatic N) is 4. The number of carbonyl (C=O) groups excluding carboxylic acids is 3. The van der Waals surface area contributed by atoms with Crippen molar-refractivity contribution >= 4 is 58.6 Å². The van der Waals surface area contributed by atoms with E-state index in [0.717, 1.165) is 57.7 Å². The summed E-state index contributed by atoms with van der Waals surface area (Å²) in [6.45, 7) is 0.321.